The summed E-state index contributed by atoms with van der Waals surface area (Å²) in [6.45, 7) is 7.51. The van der Waals surface area contributed by atoms with Crippen molar-refractivity contribution < 1.29 is 0 Å². The van der Waals surface area contributed by atoms with Gasteiger partial charge in [0.2, 0.25) is 0 Å². The molecule has 0 saturated heterocycles. The summed E-state index contributed by atoms with van der Waals surface area (Å²) in [7, 11) is 0. The molecule has 0 atom stereocenters. The molecule has 3 rings (SSSR count). The Labute approximate surface area is 125 Å². The van der Waals surface area contributed by atoms with Crippen LogP contribution in [0.25, 0.3) is 10.9 Å². The summed E-state index contributed by atoms with van der Waals surface area (Å²) in [6.07, 6.45) is 1.85. The minimum Gasteiger partial charge on any atom is -0.379 e. The highest BCUT2D eigenvalue weighted by Crippen LogP contribution is 2.23. The molecule has 0 unspecified atom stereocenters. The number of nitrogens with zero attached hydrogens (tertiary/aromatic N) is 1. The molecular weight excluding hydrogens is 258 g/mol. The SMILES string of the molecule is CC(C)(C)c1ccc(CNc2cccc3cn[nH]c23)cc1. The standard InChI is InChI=1S/C18H21N3/c1-18(2,3)15-9-7-13(8-10-15)11-19-16-6-4-5-14-12-20-21-17(14)16/h4-10,12,19H,11H2,1-3H3,(H,20,21). The molecule has 0 amide bonds. The first kappa shape index (κ1) is 13.7. The van der Waals surface area contributed by atoms with Crippen molar-refractivity contribution in [3.8, 4) is 0 Å². The first-order chi connectivity index (χ1) is 10.0. The summed E-state index contributed by atoms with van der Waals surface area (Å²) in [5, 5.41) is 11.7. The first-order valence-corrected chi connectivity index (χ1v) is 7.29. The fraction of sp³-hybridized carbons (Fsp3) is 0.278. The minimum atomic E-state index is 0.202. The monoisotopic (exact) mass is 279 g/mol. The van der Waals surface area contributed by atoms with Crippen LogP contribution >= 0.6 is 0 Å². The van der Waals surface area contributed by atoms with Gasteiger partial charge < -0.3 is 5.32 Å². The summed E-state index contributed by atoms with van der Waals surface area (Å²) in [5.41, 5.74) is 4.99. The topological polar surface area (TPSA) is 40.7 Å². The molecule has 3 aromatic rings. The number of anilines is 1. The van der Waals surface area contributed by atoms with Gasteiger partial charge in [0.05, 0.1) is 17.4 Å². The molecular formula is C18H21N3. The van der Waals surface area contributed by atoms with Crippen LogP contribution in [0, 0.1) is 0 Å². The fourth-order valence-electron chi connectivity index (χ4n) is 2.44. The number of H-pyrrole nitrogens is 1. The summed E-state index contributed by atoms with van der Waals surface area (Å²) >= 11 is 0. The number of para-hydroxylation sites is 1. The predicted octanol–water partition coefficient (Wildman–Crippen LogP) is 4.47. The highest BCUT2D eigenvalue weighted by Gasteiger charge is 2.12. The van der Waals surface area contributed by atoms with Crippen LogP contribution in [0.2, 0.25) is 0 Å². The van der Waals surface area contributed by atoms with E-state index in [1.165, 1.54) is 11.1 Å². The van der Waals surface area contributed by atoms with Crippen molar-refractivity contribution >= 4 is 16.6 Å². The van der Waals surface area contributed by atoms with Crippen LogP contribution in [-0.2, 0) is 12.0 Å². The second-order valence-electron chi connectivity index (χ2n) is 6.44. The average molecular weight is 279 g/mol. The van der Waals surface area contributed by atoms with Crippen LogP contribution in [0.5, 0.6) is 0 Å². The third-order valence-electron chi connectivity index (χ3n) is 3.78. The Hall–Kier alpha value is -2.29. The Kier molecular flexibility index (Phi) is 3.42. The summed E-state index contributed by atoms with van der Waals surface area (Å²) < 4.78 is 0. The van der Waals surface area contributed by atoms with Gasteiger partial charge in [0, 0.05) is 11.9 Å². The fourth-order valence-corrected chi connectivity index (χ4v) is 2.44. The van der Waals surface area contributed by atoms with Crippen LogP contribution in [0.3, 0.4) is 0 Å². The number of nitrogens with one attached hydrogen (secondary N) is 2. The van der Waals surface area contributed by atoms with Crippen molar-refractivity contribution in [1.29, 1.82) is 0 Å². The largest absolute Gasteiger partial charge is 0.379 e. The van der Waals surface area contributed by atoms with Gasteiger partial charge in [-0.2, -0.15) is 5.10 Å². The van der Waals surface area contributed by atoms with Gasteiger partial charge in [-0.05, 0) is 22.6 Å². The van der Waals surface area contributed by atoms with Crippen molar-refractivity contribution in [2.24, 2.45) is 0 Å². The quantitative estimate of drug-likeness (QED) is 0.742. The molecule has 0 radical (unpaired) electrons. The van der Waals surface area contributed by atoms with E-state index in [2.05, 4.69) is 72.7 Å². The van der Waals surface area contributed by atoms with Gasteiger partial charge in [0.25, 0.3) is 0 Å². The molecule has 0 saturated carbocycles. The van der Waals surface area contributed by atoms with E-state index in [-0.39, 0.29) is 5.41 Å². The summed E-state index contributed by atoms with van der Waals surface area (Å²) in [6, 6.07) is 15.0. The first-order valence-electron chi connectivity index (χ1n) is 7.29. The van der Waals surface area contributed by atoms with E-state index >= 15 is 0 Å². The Bertz CT molecular complexity index is 733. The normalized spacial score (nSPS) is 11.8. The maximum Gasteiger partial charge on any atom is 0.0881 e. The molecule has 3 heteroatoms. The van der Waals surface area contributed by atoms with E-state index < -0.39 is 0 Å². The van der Waals surface area contributed by atoms with Gasteiger partial charge in [-0.3, -0.25) is 5.10 Å². The van der Waals surface area contributed by atoms with E-state index in [4.69, 9.17) is 0 Å². The van der Waals surface area contributed by atoms with Gasteiger partial charge in [-0.15, -0.1) is 0 Å². The van der Waals surface area contributed by atoms with Gasteiger partial charge in [-0.25, -0.2) is 0 Å². The number of aromatic nitrogens is 2. The van der Waals surface area contributed by atoms with Crippen LogP contribution in [0.4, 0.5) is 5.69 Å². The maximum atomic E-state index is 4.09. The Morgan fingerprint density at radius 1 is 1.05 bits per heavy atom. The molecule has 0 aliphatic rings. The lowest BCUT2D eigenvalue weighted by atomic mass is 9.87. The number of rotatable bonds is 3. The molecule has 1 heterocycles. The average Bonchev–Trinajstić information content (AvgIpc) is 2.93. The van der Waals surface area contributed by atoms with Crippen LogP contribution in [0.1, 0.15) is 31.9 Å². The number of benzene rings is 2. The molecule has 3 nitrogen and oxygen atoms in total. The van der Waals surface area contributed by atoms with Gasteiger partial charge in [0.15, 0.2) is 0 Å². The lowest BCUT2D eigenvalue weighted by Crippen LogP contribution is -2.11. The molecule has 0 spiro atoms. The molecule has 0 fully saturated rings. The molecule has 0 aliphatic heterocycles. The van der Waals surface area contributed by atoms with Crippen molar-refractivity contribution in [1.82, 2.24) is 10.2 Å². The molecule has 108 valence electrons. The van der Waals surface area contributed by atoms with Crippen LogP contribution in [0.15, 0.2) is 48.7 Å². The second kappa shape index (κ2) is 5.24. The zero-order chi connectivity index (χ0) is 14.9. The molecule has 0 bridgehead atoms. The second-order valence-corrected chi connectivity index (χ2v) is 6.44. The van der Waals surface area contributed by atoms with Crippen molar-refractivity contribution in [3.63, 3.8) is 0 Å². The Morgan fingerprint density at radius 3 is 2.52 bits per heavy atom. The lowest BCUT2D eigenvalue weighted by molar-refractivity contribution is 0.590. The Morgan fingerprint density at radius 2 is 1.81 bits per heavy atom. The van der Waals surface area contributed by atoms with Gasteiger partial charge in [0.1, 0.15) is 0 Å². The van der Waals surface area contributed by atoms with E-state index in [9.17, 15) is 0 Å². The van der Waals surface area contributed by atoms with Gasteiger partial charge in [-0.1, -0.05) is 57.2 Å². The van der Waals surface area contributed by atoms with Crippen molar-refractivity contribution in [2.45, 2.75) is 32.7 Å². The number of aromatic amines is 1. The molecule has 21 heavy (non-hydrogen) atoms. The number of fused-ring (bicyclic) bond motifs is 1. The van der Waals surface area contributed by atoms with Crippen LogP contribution < -0.4 is 5.32 Å². The number of hydrogen-bond acceptors (Lipinski definition) is 2. The summed E-state index contributed by atoms with van der Waals surface area (Å²) in [4.78, 5) is 0. The molecule has 0 aliphatic carbocycles. The van der Waals surface area contributed by atoms with E-state index in [1.54, 1.807) is 0 Å². The lowest BCUT2D eigenvalue weighted by Gasteiger charge is -2.19. The molecule has 2 aromatic carbocycles. The van der Waals surface area contributed by atoms with Crippen molar-refractivity contribution in [3.05, 3.63) is 59.8 Å². The molecule has 1 aromatic heterocycles. The smallest absolute Gasteiger partial charge is 0.0881 e. The zero-order valence-electron chi connectivity index (χ0n) is 12.8. The highest BCUT2D eigenvalue weighted by molar-refractivity contribution is 5.89. The number of hydrogen-bond donors (Lipinski definition) is 2. The minimum absolute atomic E-state index is 0.202. The third kappa shape index (κ3) is 2.92. The van der Waals surface area contributed by atoms with Crippen LogP contribution in [-0.4, -0.2) is 10.2 Å². The van der Waals surface area contributed by atoms with E-state index in [0.29, 0.717) is 0 Å². The predicted molar refractivity (Wildman–Crippen MR) is 88.6 cm³/mol. The van der Waals surface area contributed by atoms with E-state index in [1.807, 2.05) is 12.3 Å². The Balaban J connectivity index is 1.74. The van der Waals surface area contributed by atoms with Crippen molar-refractivity contribution in [2.75, 3.05) is 5.32 Å². The highest BCUT2D eigenvalue weighted by atomic mass is 15.1. The summed E-state index contributed by atoms with van der Waals surface area (Å²) in [5.74, 6) is 0. The van der Waals surface area contributed by atoms with E-state index in [0.717, 1.165) is 23.1 Å². The zero-order valence-corrected chi connectivity index (χ0v) is 12.8. The third-order valence-corrected chi connectivity index (χ3v) is 3.78. The molecule has 2 N–H and O–H groups in total. The van der Waals surface area contributed by atoms with Gasteiger partial charge >= 0.3 is 0 Å². The maximum absolute atomic E-state index is 4.09.